The van der Waals surface area contributed by atoms with Gasteiger partial charge < -0.3 is 9.47 Å². The molecule has 6 heteroatoms. The average molecular weight is 360 g/mol. The summed E-state index contributed by atoms with van der Waals surface area (Å²) in [5, 5.41) is 0. The van der Waals surface area contributed by atoms with E-state index in [0.717, 1.165) is 18.7 Å². The van der Waals surface area contributed by atoms with Crippen LogP contribution in [0, 0.1) is 0 Å². The van der Waals surface area contributed by atoms with Gasteiger partial charge in [0.2, 0.25) is 0 Å². The van der Waals surface area contributed by atoms with Crippen molar-refractivity contribution >= 4 is 12.1 Å². The Morgan fingerprint density at radius 3 is 2.27 bits per heavy atom. The molecule has 1 saturated heterocycles. The SMILES string of the molecule is COC(=O)c1ccc(C2CN(C3CC3)CCN2C(=O)OC(C)(C)C)cc1. The second kappa shape index (κ2) is 7.27. The molecule has 6 nitrogen and oxygen atoms in total. The highest BCUT2D eigenvalue weighted by atomic mass is 16.6. The number of hydrogen-bond donors (Lipinski definition) is 0. The zero-order valence-corrected chi connectivity index (χ0v) is 16.0. The van der Waals surface area contributed by atoms with Crippen molar-refractivity contribution in [1.82, 2.24) is 9.80 Å². The Labute approximate surface area is 155 Å². The van der Waals surface area contributed by atoms with E-state index >= 15 is 0 Å². The summed E-state index contributed by atoms with van der Waals surface area (Å²) in [4.78, 5) is 28.7. The van der Waals surface area contributed by atoms with Crippen molar-refractivity contribution in [2.45, 2.75) is 51.3 Å². The van der Waals surface area contributed by atoms with Gasteiger partial charge in [0.05, 0.1) is 18.7 Å². The molecule has 142 valence electrons. The van der Waals surface area contributed by atoms with E-state index in [9.17, 15) is 9.59 Å². The van der Waals surface area contributed by atoms with Gasteiger partial charge in [-0.2, -0.15) is 0 Å². The maximum absolute atomic E-state index is 12.7. The molecule has 1 aliphatic carbocycles. The molecular formula is C20H28N2O4. The number of nitrogens with zero attached hydrogens (tertiary/aromatic N) is 2. The molecule has 1 atom stereocenters. The minimum atomic E-state index is -0.524. The lowest BCUT2D eigenvalue weighted by molar-refractivity contribution is -0.00311. The van der Waals surface area contributed by atoms with E-state index in [1.54, 1.807) is 12.1 Å². The first-order valence-corrected chi connectivity index (χ1v) is 9.20. The van der Waals surface area contributed by atoms with Crippen LogP contribution >= 0.6 is 0 Å². The van der Waals surface area contributed by atoms with E-state index in [1.165, 1.54) is 20.0 Å². The molecule has 26 heavy (non-hydrogen) atoms. The molecule has 1 saturated carbocycles. The Hall–Kier alpha value is -2.08. The summed E-state index contributed by atoms with van der Waals surface area (Å²) < 4.78 is 10.4. The molecule has 0 bridgehead atoms. The lowest BCUT2D eigenvalue weighted by Gasteiger charge is -2.42. The lowest BCUT2D eigenvalue weighted by Crippen LogP contribution is -2.52. The number of carbonyl (C=O) groups is 2. The van der Waals surface area contributed by atoms with Crippen molar-refractivity contribution < 1.29 is 19.1 Å². The molecule has 1 aromatic rings. The Morgan fingerprint density at radius 2 is 1.73 bits per heavy atom. The van der Waals surface area contributed by atoms with Crippen molar-refractivity contribution in [2.75, 3.05) is 26.7 Å². The van der Waals surface area contributed by atoms with Gasteiger partial charge in [-0.1, -0.05) is 12.1 Å². The molecule has 3 rings (SSSR count). The monoisotopic (exact) mass is 360 g/mol. The van der Waals surface area contributed by atoms with Crippen molar-refractivity contribution in [1.29, 1.82) is 0 Å². The largest absolute Gasteiger partial charge is 0.465 e. The highest BCUT2D eigenvalue weighted by Crippen LogP contribution is 2.34. The molecule has 1 heterocycles. The maximum atomic E-state index is 12.7. The van der Waals surface area contributed by atoms with Gasteiger partial charge >= 0.3 is 12.1 Å². The molecule has 1 amide bonds. The van der Waals surface area contributed by atoms with Crippen LogP contribution in [-0.4, -0.2) is 60.2 Å². The minimum Gasteiger partial charge on any atom is -0.465 e. The van der Waals surface area contributed by atoms with Crippen LogP contribution in [0.15, 0.2) is 24.3 Å². The summed E-state index contributed by atoms with van der Waals surface area (Å²) in [6, 6.07) is 7.89. The first-order chi connectivity index (χ1) is 12.3. The number of amides is 1. The number of ether oxygens (including phenoxy) is 2. The number of benzene rings is 1. The summed E-state index contributed by atoms with van der Waals surface area (Å²) in [6.07, 6.45) is 2.19. The molecule has 0 N–H and O–H groups in total. The second-order valence-corrected chi connectivity index (χ2v) is 8.03. The summed E-state index contributed by atoms with van der Waals surface area (Å²) >= 11 is 0. The van der Waals surface area contributed by atoms with Crippen LogP contribution in [0.3, 0.4) is 0 Å². The molecular weight excluding hydrogens is 332 g/mol. The van der Waals surface area contributed by atoms with Gasteiger partial charge in [-0.05, 0) is 51.3 Å². The highest BCUT2D eigenvalue weighted by molar-refractivity contribution is 5.89. The third kappa shape index (κ3) is 4.36. The zero-order chi connectivity index (χ0) is 18.9. The predicted octanol–water partition coefficient (Wildman–Crippen LogP) is 3.23. The zero-order valence-electron chi connectivity index (χ0n) is 16.0. The van der Waals surface area contributed by atoms with Crippen molar-refractivity contribution in [3.8, 4) is 0 Å². The maximum Gasteiger partial charge on any atom is 0.410 e. The topological polar surface area (TPSA) is 59.1 Å². The second-order valence-electron chi connectivity index (χ2n) is 8.03. The molecule has 0 aromatic heterocycles. The minimum absolute atomic E-state index is 0.0779. The smallest absolute Gasteiger partial charge is 0.410 e. The van der Waals surface area contributed by atoms with Crippen LogP contribution < -0.4 is 0 Å². The van der Waals surface area contributed by atoms with Crippen LogP contribution in [0.25, 0.3) is 0 Å². The molecule has 1 unspecified atom stereocenters. The molecule has 2 aliphatic rings. The summed E-state index contributed by atoms with van der Waals surface area (Å²) in [5.74, 6) is -0.358. The Balaban J connectivity index is 1.81. The van der Waals surface area contributed by atoms with E-state index < -0.39 is 5.60 Å². The van der Waals surface area contributed by atoms with E-state index in [-0.39, 0.29) is 18.1 Å². The standard InChI is InChI=1S/C20H28N2O4/c1-20(2,3)26-19(24)22-12-11-21(16-9-10-16)13-17(22)14-5-7-15(8-6-14)18(23)25-4/h5-8,16-17H,9-13H2,1-4H3. The van der Waals surface area contributed by atoms with E-state index in [0.29, 0.717) is 18.2 Å². The lowest BCUT2D eigenvalue weighted by atomic mass is 10.0. The number of rotatable bonds is 3. The third-order valence-corrected chi connectivity index (χ3v) is 4.82. The number of esters is 1. The van der Waals surface area contributed by atoms with E-state index in [2.05, 4.69) is 4.90 Å². The van der Waals surface area contributed by atoms with Gasteiger partial charge in [0, 0.05) is 25.7 Å². The van der Waals surface area contributed by atoms with Gasteiger partial charge in [0.1, 0.15) is 5.60 Å². The predicted molar refractivity (Wildman–Crippen MR) is 98.1 cm³/mol. The van der Waals surface area contributed by atoms with E-state index in [4.69, 9.17) is 9.47 Å². The number of hydrogen-bond acceptors (Lipinski definition) is 5. The van der Waals surface area contributed by atoms with Crippen molar-refractivity contribution in [3.05, 3.63) is 35.4 Å². The third-order valence-electron chi connectivity index (χ3n) is 4.82. The van der Waals surface area contributed by atoms with E-state index in [1.807, 2.05) is 37.8 Å². The van der Waals surface area contributed by atoms with Gasteiger partial charge in [-0.25, -0.2) is 9.59 Å². The molecule has 0 radical (unpaired) electrons. The Bertz CT molecular complexity index is 661. The summed E-state index contributed by atoms with van der Waals surface area (Å²) in [7, 11) is 1.37. The Kier molecular flexibility index (Phi) is 5.23. The van der Waals surface area contributed by atoms with Crippen molar-refractivity contribution in [3.63, 3.8) is 0 Å². The fourth-order valence-electron chi connectivity index (χ4n) is 3.36. The number of methoxy groups -OCH3 is 1. The summed E-state index contributed by atoms with van der Waals surface area (Å²) in [5.41, 5.74) is 0.994. The normalized spacial score (nSPS) is 21.4. The van der Waals surface area contributed by atoms with Gasteiger partial charge in [-0.15, -0.1) is 0 Å². The summed E-state index contributed by atoms with van der Waals surface area (Å²) in [6.45, 7) is 7.96. The van der Waals surface area contributed by atoms with Crippen LogP contribution in [0.2, 0.25) is 0 Å². The van der Waals surface area contributed by atoms with Crippen LogP contribution in [0.1, 0.15) is 55.6 Å². The molecule has 0 spiro atoms. The number of carbonyl (C=O) groups excluding carboxylic acids is 2. The van der Waals surface area contributed by atoms with Crippen LogP contribution in [0.4, 0.5) is 4.79 Å². The molecule has 1 aromatic carbocycles. The molecule has 2 fully saturated rings. The van der Waals surface area contributed by atoms with Crippen molar-refractivity contribution in [2.24, 2.45) is 0 Å². The molecule has 1 aliphatic heterocycles. The first kappa shape index (κ1) is 18.7. The van der Waals surface area contributed by atoms with Crippen LogP contribution in [0.5, 0.6) is 0 Å². The van der Waals surface area contributed by atoms with Gasteiger partial charge in [0.25, 0.3) is 0 Å². The quantitative estimate of drug-likeness (QED) is 0.775. The average Bonchev–Trinajstić information content (AvgIpc) is 3.44. The van der Waals surface area contributed by atoms with Gasteiger partial charge in [-0.3, -0.25) is 9.80 Å². The Morgan fingerprint density at radius 1 is 1.08 bits per heavy atom. The fraction of sp³-hybridized carbons (Fsp3) is 0.600. The first-order valence-electron chi connectivity index (χ1n) is 9.20. The number of piperazine rings is 1. The fourth-order valence-corrected chi connectivity index (χ4v) is 3.36. The van der Waals surface area contributed by atoms with Crippen LogP contribution in [-0.2, 0) is 9.47 Å². The van der Waals surface area contributed by atoms with Gasteiger partial charge in [0.15, 0.2) is 0 Å². The highest BCUT2D eigenvalue weighted by Gasteiger charge is 2.39.